The molecule has 3 heteroatoms. The van der Waals surface area contributed by atoms with Crippen LogP contribution in [0.4, 0.5) is 0 Å². The molecule has 0 bridgehead atoms. The quantitative estimate of drug-likeness (QED) is 0.461. The molecule has 1 aromatic heterocycles. The first-order valence-electron chi connectivity index (χ1n) is 14.4. The largest absolute Gasteiger partial charge is 0.297 e. The summed E-state index contributed by atoms with van der Waals surface area (Å²) in [6, 6.07) is 2.08. The Bertz CT molecular complexity index is 782. The minimum Gasteiger partial charge on any atom is -0.297 e. The van der Waals surface area contributed by atoms with Gasteiger partial charge in [-0.15, -0.1) is 0 Å². The smallest absolute Gasteiger partial charge is 0.157 e. The Hall–Kier alpha value is -1.12. The van der Waals surface area contributed by atoms with Crippen molar-refractivity contribution in [1.82, 2.24) is 9.78 Å². The van der Waals surface area contributed by atoms with E-state index in [1.165, 1.54) is 51.4 Å². The number of rotatable bonds is 3. The van der Waals surface area contributed by atoms with Gasteiger partial charge in [0.25, 0.3) is 0 Å². The van der Waals surface area contributed by atoms with Gasteiger partial charge in [0.2, 0.25) is 0 Å². The van der Waals surface area contributed by atoms with Crippen LogP contribution in [-0.4, -0.2) is 15.6 Å². The zero-order valence-corrected chi connectivity index (χ0v) is 23.0. The van der Waals surface area contributed by atoms with Crippen LogP contribution in [0.3, 0.4) is 0 Å². The number of Topliss-reactive ketones (excluding diaryl/α,β-unsaturated/α-hetero) is 1. The van der Waals surface area contributed by atoms with E-state index in [0.29, 0.717) is 12.3 Å². The van der Waals surface area contributed by atoms with E-state index >= 15 is 0 Å². The summed E-state index contributed by atoms with van der Waals surface area (Å²) < 4.78 is 1.94. The van der Waals surface area contributed by atoms with Crippen LogP contribution in [0.1, 0.15) is 111 Å². The molecule has 33 heavy (non-hydrogen) atoms. The molecule has 188 valence electrons. The summed E-state index contributed by atoms with van der Waals surface area (Å²) in [5.41, 5.74) is 2.37. The van der Waals surface area contributed by atoms with Gasteiger partial charge in [-0.05, 0) is 112 Å². The Morgan fingerprint density at radius 2 is 1.67 bits per heavy atom. The minimum absolute atomic E-state index is 0.239. The maximum absolute atomic E-state index is 13.4. The van der Waals surface area contributed by atoms with E-state index in [-0.39, 0.29) is 11.3 Å². The topological polar surface area (TPSA) is 34.9 Å². The van der Waals surface area contributed by atoms with E-state index in [1.807, 2.05) is 39.3 Å². The molecule has 0 radical (unpaired) electrons. The van der Waals surface area contributed by atoms with Crippen molar-refractivity contribution in [1.29, 1.82) is 0 Å². The van der Waals surface area contributed by atoms with Crippen molar-refractivity contribution >= 4 is 5.78 Å². The Morgan fingerprint density at radius 3 is 2.33 bits per heavy atom. The molecule has 5 rings (SSSR count). The van der Waals surface area contributed by atoms with Crippen molar-refractivity contribution in [3.63, 3.8) is 0 Å². The summed E-state index contributed by atoms with van der Waals surface area (Å²) in [4.78, 5) is 13.4. The number of fused-ring (bicyclic) bond motifs is 5. The number of nitrogens with zero attached hydrogens (tertiary/aromatic N) is 2. The molecule has 0 amide bonds. The van der Waals surface area contributed by atoms with Gasteiger partial charge in [0.1, 0.15) is 6.54 Å². The number of hydrogen-bond acceptors (Lipinski definition) is 2. The fourth-order valence-electron chi connectivity index (χ4n) is 8.71. The number of carbonyl (C=O) groups excluding carboxylic acids is 1. The first kappa shape index (κ1) is 26.5. The maximum atomic E-state index is 13.4. The van der Waals surface area contributed by atoms with Gasteiger partial charge in [-0.1, -0.05) is 48.0 Å². The van der Waals surface area contributed by atoms with Crippen molar-refractivity contribution in [3.05, 3.63) is 17.5 Å². The number of ketones is 1. The molecule has 1 heterocycles. The number of carbonyl (C=O) groups is 1. The Labute approximate surface area is 204 Å². The van der Waals surface area contributed by atoms with Gasteiger partial charge in [0, 0.05) is 11.6 Å². The molecule has 4 aliphatic rings. The molecule has 4 aliphatic carbocycles. The van der Waals surface area contributed by atoms with E-state index in [4.69, 9.17) is 0 Å². The van der Waals surface area contributed by atoms with Crippen LogP contribution in [0.2, 0.25) is 0 Å². The highest BCUT2D eigenvalue weighted by Gasteiger charge is 2.58. The molecule has 1 aromatic rings. The molecule has 0 spiro atoms. The van der Waals surface area contributed by atoms with E-state index in [1.54, 1.807) is 0 Å². The molecule has 3 nitrogen and oxygen atoms in total. The monoisotopic (exact) mass is 456 g/mol. The van der Waals surface area contributed by atoms with Crippen molar-refractivity contribution in [2.24, 2.45) is 46.8 Å². The highest BCUT2D eigenvalue weighted by molar-refractivity contribution is 5.82. The van der Waals surface area contributed by atoms with Gasteiger partial charge < -0.3 is 0 Å². The van der Waals surface area contributed by atoms with Crippen molar-refractivity contribution in [3.8, 4) is 0 Å². The zero-order chi connectivity index (χ0) is 24.3. The van der Waals surface area contributed by atoms with Gasteiger partial charge in [0.05, 0.1) is 5.69 Å². The third-order valence-electron chi connectivity index (χ3n) is 10.0. The highest BCUT2D eigenvalue weighted by Crippen LogP contribution is 2.64. The van der Waals surface area contributed by atoms with E-state index in [0.717, 1.165) is 53.3 Å². The second-order valence-corrected chi connectivity index (χ2v) is 11.6. The van der Waals surface area contributed by atoms with Crippen LogP contribution in [0.5, 0.6) is 0 Å². The first-order chi connectivity index (χ1) is 15.9. The lowest BCUT2D eigenvalue weighted by Gasteiger charge is -2.56. The molecule has 4 fully saturated rings. The van der Waals surface area contributed by atoms with Crippen LogP contribution < -0.4 is 0 Å². The van der Waals surface area contributed by atoms with Crippen molar-refractivity contribution < 1.29 is 4.79 Å². The van der Waals surface area contributed by atoms with Crippen LogP contribution in [0, 0.1) is 60.7 Å². The van der Waals surface area contributed by atoms with Gasteiger partial charge in [-0.3, -0.25) is 9.48 Å². The number of aryl methyl sites for hydroxylation is 2. The summed E-state index contributed by atoms with van der Waals surface area (Å²) in [7, 11) is 0. The summed E-state index contributed by atoms with van der Waals surface area (Å²) >= 11 is 0. The van der Waals surface area contributed by atoms with Crippen LogP contribution in [0.15, 0.2) is 6.07 Å². The van der Waals surface area contributed by atoms with E-state index in [2.05, 4.69) is 31.9 Å². The fourth-order valence-corrected chi connectivity index (χ4v) is 8.71. The van der Waals surface area contributed by atoms with Gasteiger partial charge in [-0.2, -0.15) is 5.10 Å². The molecular formula is C30H52N2O. The second-order valence-electron chi connectivity index (χ2n) is 11.6. The summed E-state index contributed by atoms with van der Waals surface area (Å²) in [5, 5.41) is 4.56. The molecule has 0 aliphatic heterocycles. The highest BCUT2D eigenvalue weighted by atomic mass is 16.1. The average Bonchev–Trinajstić information content (AvgIpc) is 3.33. The lowest BCUT2D eigenvalue weighted by atomic mass is 9.49. The fraction of sp³-hybridized carbons (Fsp3) is 0.867. The van der Waals surface area contributed by atoms with E-state index in [9.17, 15) is 4.79 Å². The molecule has 0 N–H and O–H groups in total. The Morgan fingerprint density at radius 1 is 0.970 bits per heavy atom. The van der Waals surface area contributed by atoms with Crippen molar-refractivity contribution in [2.75, 3.05) is 0 Å². The predicted octanol–water partition coefficient (Wildman–Crippen LogP) is 8.03. The third-order valence-corrected chi connectivity index (χ3v) is 10.0. The third kappa shape index (κ3) is 4.98. The lowest BCUT2D eigenvalue weighted by Crippen LogP contribution is -2.49. The maximum Gasteiger partial charge on any atom is 0.157 e. The van der Waals surface area contributed by atoms with Crippen LogP contribution in [0.25, 0.3) is 0 Å². The summed E-state index contributed by atoms with van der Waals surface area (Å²) in [5.74, 6) is 6.30. The second kappa shape index (κ2) is 11.1. The Balaban J connectivity index is 0.000000728. The minimum atomic E-state index is 0.239. The Kier molecular flexibility index (Phi) is 8.89. The SMILES string of the molecule is CC.CC.Cc1cc(C)n(CC(=O)C2CCC3C4CCC5CC(C)CCC5C4CCC23C)n1. The molecule has 8 unspecified atom stereocenters. The summed E-state index contributed by atoms with van der Waals surface area (Å²) in [6.45, 7) is 17.5. The number of hydrogen-bond donors (Lipinski definition) is 0. The summed E-state index contributed by atoms with van der Waals surface area (Å²) in [6.07, 6.45) is 12.4. The predicted molar refractivity (Wildman–Crippen MR) is 139 cm³/mol. The first-order valence-corrected chi connectivity index (χ1v) is 14.4. The standard InChI is InChI=1S/C26H40N2O.2C2H6/c1-16-5-7-20-19(13-16)6-8-22-21(20)11-12-26(4)23(22)9-10-24(26)25(29)15-28-18(3)14-17(2)27-28;2*1-2/h14,16,19-24H,5-13,15H2,1-4H3;2*1-2H3. The van der Waals surface area contributed by atoms with Gasteiger partial charge in [-0.25, -0.2) is 0 Å². The van der Waals surface area contributed by atoms with Crippen molar-refractivity contribution in [2.45, 2.75) is 120 Å². The van der Waals surface area contributed by atoms with Crippen LogP contribution >= 0.6 is 0 Å². The molecule has 0 aromatic carbocycles. The molecule has 8 atom stereocenters. The van der Waals surface area contributed by atoms with Gasteiger partial charge in [0.15, 0.2) is 5.78 Å². The number of aromatic nitrogens is 2. The zero-order valence-electron chi connectivity index (χ0n) is 23.0. The van der Waals surface area contributed by atoms with E-state index < -0.39 is 0 Å². The van der Waals surface area contributed by atoms with Crippen LogP contribution in [-0.2, 0) is 11.3 Å². The lowest BCUT2D eigenvalue weighted by molar-refractivity contribution is -0.131. The van der Waals surface area contributed by atoms with Gasteiger partial charge >= 0.3 is 0 Å². The average molecular weight is 457 g/mol. The molecule has 4 saturated carbocycles. The molecule has 0 saturated heterocycles. The molecular weight excluding hydrogens is 404 g/mol. The normalized spacial score (nSPS) is 39.1.